The molecular formula is C12H12BrN3O4. The Morgan fingerprint density at radius 3 is 2.70 bits per heavy atom. The third-order valence-corrected chi connectivity index (χ3v) is 3.89. The lowest BCUT2D eigenvalue weighted by Gasteiger charge is -2.22. The SMILES string of the molecule is NC(=O)C1CCCN1C(=O)c1ccc([N+](=O)[O-])cc1Br. The molecule has 1 unspecified atom stereocenters. The molecule has 1 aromatic rings. The predicted octanol–water partition coefficient (Wildman–Crippen LogP) is 1.45. The molecule has 2 rings (SSSR count). The van der Waals surface area contributed by atoms with Crippen molar-refractivity contribution in [3.05, 3.63) is 38.3 Å². The van der Waals surface area contributed by atoms with Crippen molar-refractivity contribution in [1.29, 1.82) is 0 Å². The standard InChI is InChI=1S/C12H12BrN3O4/c13-9-6-7(16(19)20)3-4-8(9)12(18)15-5-1-2-10(15)11(14)17/h3-4,6,10H,1-2,5H2,(H2,14,17). The summed E-state index contributed by atoms with van der Waals surface area (Å²) in [5.41, 5.74) is 5.44. The number of rotatable bonds is 3. The lowest BCUT2D eigenvalue weighted by atomic mass is 10.1. The number of hydrogen-bond donors (Lipinski definition) is 1. The Balaban J connectivity index is 2.29. The average Bonchev–Trinajstić information content (AvgIpc) is 2.87. The zero-order valence-corrected chi connectivity index (χ0v) is 12.0. The van der Waals surface area contributed by atoms with Gasteiger partial charge in [0.05, 0.1) is 10.5 Å². The molecule has 1 aliphatic rings. The number of halogens is 1. The van der Waals surface area contributed by atoms with Gasteiger partial charge in [-0.3, -0.25) is 19.7 Å². The van der Waals surface area contributed by atoms with E-state index in [0.717, 1.165) is 0 Å². The highest BCUT2D eigenvalue weighted by Gasteiger charge is 2.34. The van der Waals surface area contributed by atoms with Crippen LogP contribution in [0.3, 0.4) is 0 Å². The maximum absolute atomic E-state index is 12.4. The molecule has 2 N–H and O–H groups in total. The van der Waals surface area contributed by atoms with E-state index in [9.17, 15) is 19.7 Å². The van der Waals surface area contributed by atoms with E-state index in [1.54, 1.807) is 0 Å². The first-order valence-electron chi connectivity index (χ1n) is 5.96. The van der Waals surface area contributed by atoms with Crippen LogP contribution in [-0.4, -0.2) is 34.2 Å². The fraction of sp³-hybridized carbons (Fsp3) is 0.333. The second-order valence-corrected chi connectivity index (χ2v) is 5.33. The Morgan fingerprint density at radius 1 is 1.45 bits per heavy atom. The van der Waals surface area contributed by atoms with Crippen molar-refractivity contribution in [1.82, 2.24) is 4.90 Å². The fourth-order valence-electron chi connectivity index (χ4n) is 2.25. The first-order valence-corrected chi connectivity index (χ1v) is 6.75. The molecule has 0 bridgehead atoms. The molecule has 8 heteroatoms. The summed E-state index contributed by atoms with van der Waals surface area (Å²) in [5, 5.41) is 10.7. The number of carbonyl (C=O) groups is 2. The van der Waals surface area contributed by atoms with Gasteiger partial charge in [0.25, 0.3) is 11.6 Å². The smallest absolute Gasteiger partial charge is 0.270 e. The summed E-state index contributed by atoms with van der Waals surface area (Å²) in [7, 11) is 0. The van der Waals surface area contributed by atoms with E-state index in [1.807, 2.05) is 0 Å². The topological polar surface area (TPSA) is 107 Å². The summed E-state index contributed by atoms with van der Waals surface area (Å²) in [4.78, 5) is 35.2. The first kappa shape index (κ1) is 14.4. The van der Waals surface area contributed by atoms with Gasteiger partial charge in [0.2, 0.25) is 5.91 Å². The Labute approximate surface area is 123 Å². The summed E-state index contributed by atoms with van der Waals surface area (Å²) in [6, 6.07) is 3.29. The quantitative estimate of drug-likeness (QED) is 0.663. The van der Waals surface area contributed by atoms with E-state index >= 15 is 0 Å². The van der Waals surface area contributed by atoms with Gasteiger partial charge in [0.15, 0.2) is 0 Å². The molecule has 1 aromatic carbocycles. The molecule has 2 amide bonds. The third-order valence-electron chi connectivity index (χ3n) is 3.24. The third kappa shape index (κ3) is 2.64. The van der Waals surface area contributed by atoms with Crippen molar-refractivity contribution in [2.24, 2.45) is 5.73 Å². The highest BCUT2D eigenvalue weighted by atomic mass is 79.9. The molecule has 106 valence electrons. The number of hydrogen-bond acceptors (Lipinski definition) is 4. The number of amides is 2. The van der Waals surface area contributed by atoms with Crippen molar-refractivity contribution >= 4 is 33.4 Å². The lowest BCUT2D eigenvalue weighted by Crippen LogP contribution is -2.43. The predicted molar refractivity (Wildman–Crippen MR) is 74.0 cm³/mol. The molecule has 1 heterocycles. The van der Waals surface area contributed by atoms with Crippen LogP contribution in [0.25, 0.3) is 0 Å². The van der Waals surface area contributed by atoms with Gasteiger partial charge >= 0.3 is 0 Å². The van der Waals surface area contributed by atoms with Gasteiger partial charge in [-0.25, -0.2) is 0 Å². The fourth-order valence-corrected chi connectivity index (χ4v) is 2.79. The van der Waals surface area contributed by atoms with E-state index < -0.39 is 16.9 Å². The van der Waals surface area contributed by atoms with Crippen LogP contribution in [-0.2, 0) is 4.79 Å². The average molecular weight is 342 g/mol. The Hall–Kier alpha value is -1.96. The molecule has 1 fully saturated rings. The second-order valence-electron chi connectivity index (χ2n) is 4.48. The van der Waals surface area contributed by atoms with Crippen molar-refractivity contribution in [3.8, 4) is 0 Å². The van der Waals surface area contributed by atoms with Crippen LogP contribution in [0.4, 0.5) is 5.69 Å². The lowest BCUT2D eigenvalue weighted by molar-refractivity contribution is -0.384. The van der Waals surface area contributed by atoms with Gasteiger partial charge < -0.3 is 10.6 Å². The van der Waals surface area contributed by atoms with Gasteiger partial charge in [-0.15, -0.1) is 0 Å². The number of nitrogens with two attached hydrogens (primary N) is 1. The first-order chi connectivity index (χ1) is 9.41. The van der Waals surface area contributed by atoms with Crippen molar-refractivity contribution in [3.63, 3.8) is 0 Å². The number of non-ortho nitro benzene ring substituents is 1. The van der Waals surface area contributed by atoms with Crippen LogP contribution in [0.2, 0.25) is 0 Å². The number of carbonyl (C=O) groups excluding carboxylic acids is 2. The number of nitrogens with zero attached hydrogens (tertiary/aromatic N) is 2. The Bertz CT molecular complexity index is 590. The molecular weight excluding hydrogens is 330 g/mol. The monoisotopic (exact) mass is 341 g/mol. The van der Waals surface area contributed by atoms with Crippen LogP contribution in [0.15, 0.2) is 22.7 Å². The number of nitro benzene ring substituents is 1. The molecule has 7 nitrogen and oxygen atoms in total. The molecule has 1 atom stereocenters. The van der Waals surface area contributed by atoms with Gasteiger partial charge in [-0.2, -0.15) is 0 Å². The molecule has 20 heavy (non-hydrogen) atoms. The second kappa shape index (κ2) is 5.58. The molecule has 0 spiro atoms. The van der Waals surface area contributed by atoms with Crippen molar-refractivity contribution < 1.29 is 14.5 Å². The van der Waals surface area contributed by atoms with Crippen molar-refractivity contribution in [2.75, 3.05) is 6.54 Å². The van der Waals surface area contributed by atoms with Gasteiger partial charge in [0.1, 0.15) is 6.04 Å². The van der Waals surface area contributed by atoms with E-state index in [0.29, 0.717) is 23.9 Å². The van der Waals surface area contributed by atoms with Gasteiger partial charge in [0, 0.05) is 23.2 Å². The van der Waals surface area contributed by atoms with Crippen LogP contribution in [0, 0.1) is 10.1 Å². The number of likely N-dealkylation sites (tertiary alicyclic amines) is 1. The summed E-state index contributed by atoms with van der Waals surface area (Å²) in [6.45, 7) is 0.454. The highest BCUT2D eigenvalue weighted by Crippen LogP contribution is 2.27. The summed E-state index contributed by atoms with van der Waals surface area (Å²) in [5.74, 6) is -0.887. The number of primary amides is 1. The minimum atomic E-state index is -0.607. The van der Waals surface area contributed by atoms with E-state index in [2.05, 4.69) is 15.9 Å². The van der Waals surface area contributed by atoms with E-state index in [4.69, 9.17) is 5.73 Å². The molecule has 0 aromatic heterocycles. The maximum Gasteiger partial charge on any atom is 0.270 e. The van der Waals surface area contributed by atoms with Crippen LogP contribution < -0.4 is 5.73 Å². The van der Waals surface area contributed by atoms with Gasteiger partial charge in [-0.1, -0.05) is 0 Å². The highest BCUT2D eigenvalue weighted by molar-refractivity contribution is 9.10. The number of benzene rings is 1. The van der Waals surface area contributed by atoms with E-state index in [-0.39, 0.29) is 17.2 Å². The van der Waals surface area contributed by atoms with Crippen LogP contribution in [0.1, 0.15) is 23.2 Å². The normalized spacial score (nSPS) is 18.1. The molecule has 0 radical (unpaired) electrons. The zero-order chi connectivity index (χ0) is 14.9. The number of nitro groups is 1. The summed E-state index contributed by atoms with van der Waals surface area (Å²) >= 11 is 3.15. The zero-order valence-electron chi connectivity index (χ0n) is 10.4. The summed E-state index contributed by atoms with van der Waals surface area (Å²) in [6.07, 6.45) is 1.26. The maximum atomic E-state index is 12.4. The van der Waals surface area contributed by atoms with Crippen molar-refractivity contribution in [2.45, 2.75) is 18.9 Å². The largest absolute Gasteiger partial charge is 0.368 e. The molecule has 1 saturated heterocycles. The molecule has 0 aliphatic carbocycles. The van der Waals surface area contributed by atoms with E-state index in [1.165, 1.54) is 23.1 Å². The Kier molecular flexibility index (Phi) is 4.03. The molecule has 1 aliphatic heterocycles. The molecule has 0 saturated carbocycles. The van der Waals surface area contributed by atoms with Crippen LogP contribution >= 0.6 is 15.9 Å². The summed E-state index contributed by atoms with van der Waals surface area (Å²) < 4.78 is 0.326. The van der Waals surface area contributed by atoms with Crippen LogP contribution in [0.5, 0.6) is 0 Å². The Morgan fingerprint density at radius 2 is 2.15 bits per heavy atom. The minimum Gasteiger partial charge on any atom is -0.368 e. The van der Waals surface area contributed by atoms with Gasteiger partial charge in [-0.05, 0) is 34.8 Å². The minimum absolute atomic E-state index is 0.110.